The maximum Gasteiger partial charge on any atom is -0.0178 e. The summed E-state index contributed by atoms with van der Waals surface area (Å²) in [6.07, 6.45) is 9.77. The molecule has 0 radical (unpaired) electrons. The van der Waals surface area contributed by atoms with Gasteiger partial charge in [0.25, 0.3) is 0 Å². The molecule has 1 aromatic carbocycles. The van der Waals surface area contributed by atoms with Crippen LogP contribution < -0.4 is 0 Å². The highest BCUT2D eigenvalue weighted by Crippen LogP contribution is 2.17. The summed E-state index contributed by atoms with van der Waals surface area (Å²) in [6, 6.07) is 8.24. The Morgan fingerprint density at radius 1 is 1.27 bits per heavy atom. The summed E-state index contributed by atoms with van der Waals surface area (Å²) in [4.78, 5) is 0. The Hall–Kier alpha value is -1.82. The smallest absolute Gasteiger partial charge is 0.0178 e. The minimum absolute atomic E-state index is 1.12. The van der Waals surface area contributed by atoms with Crippen molar-refractivity contribution in [2.75, 3.05) is 0 Å². The van der Waals surface area contributed by atoms with E-state index in [1.807, 2.05) is 43.4 Å². The average Bonchev–Trinajstić information content (AvgIpc) is 2.30. The Bertz CT molecular complexity index is 406. The number of hydrogen-bond acceptors (Lipinski definition) is 0. The van der Waals surface area contributed by atoms with Gasteiger partial charge in [-0.05, 0) is 29.7 Å². The van der Waals surface area contributed by atoms with Crippen LogP contribution in [-0.4, -0.2) is 0 Å². The van der Waals surface area contributed by atoms with Crippen molar-refractivity contribution in [3.05, 3.63) is 72.9 Å². The van der Waals surface area contributed by atoms with E-state index < -0.39 is 0 Å². The van der Waals surface area contributed by atoms with E-state index in [0.29, 0.717) is 0 Å². The van der Waals surface area contributed by atoms with E-state index >= 15 is 0 Å². The maximum absolute atomic E-state index is 3.82. The Balaban J connectivity index is 3.12. The van der Waals surface area contributed by atoms with Gasteiger partial charge in [0.2, 0.25) is 0 Å². The van der Waals surface area contributed by atoms with E-state index in [2.05, 4.69) is 31.4 Å². The van der Waals surface area contributed by atoms with Gasteiger partial charge in [0, 0.05) is 0 Å². The molecule has 0 unspecified atom stereocenters. The highest BCUT2D eigenvalue weighted by Gasteiger charge is 1.96. The summed E-state index contributed by atoms with van der Waals surface area (Å²) in [5.74, 6) is 0. The van der Waals surface area contributed by atoms with Crippen LogP contribution in [0, 0.1) is 0 Å². The zero-order valence-corrected chi connectivity index (χ0v) is 9.11. The molecule has 0 bridgehead atoms. The van der Waals surface area contributed by atoms with Crippen molar-refractivity contribution in [3.63, 3.8) is 0 Å². The average molecular weight is 196 g/mol. The Labute approximate surface area is 92.0 Å². The fraction of sp³-hybridized carbons (Fsp3) is 0.0667. The maximum atomic E-state index is 3.82. The topological polar surface area (TPSA) is 0 Å². The van der Waals surface area contributed by atoms with E-state index in [0.717, 1.165) is 11.1 Å². The van der Waals surface area contributed by atoms with E-state index in [4.69, 9.17) is 0 Å². The quantitative estimate of drug-likeness (QED) is 0.623. The van der Waals surface area contributed by atoms with Crippen molar-refractivity contribution >= 4 is 11.6 Å². The SMILES string of the molecule is C=C/C(=C\C=C/C)c1cccc(C=C)c1. The van der Waals surface area contributed by atoms with Crippen LogP contribution in [0.15, 0.2) is 61.7 Å². The molecule has 0 fully saturated rings. The fourth-order valence-electron chi connectivity index (χ4n) is 1.33. The molecular formula is C15H16. The Morgan fingerprint density at radius 2 is 2.07 bits per heavy atom. The molecule has 0 spiro atoms. The Kier molecular flexibility index (Phi) is 4.36. The highest BCUT2D eigenvalue weighted by atomic mass is 14.0. The predicted molar refractivity (Wildman–Crippen MR) is 69.5 cm³/mol. The Morgan fingerprint density at radius 3 is 2.67 bits per heavy atom. The van der Waals surface area contributed by atoms with Gasteiger partial charge in [-0.15, -0.1) is 0 Å². The molecule has 0 atom stereocenters. The monoisotopic (exact) mass is 196 g/mol. The van der Waals surface area contributed by atoms with Crippen LogP contribution in [-0.2, 0) is 0 Å². The molecule has 1 rings (SSSR count). The molecular weight excluding hydrogens is 180 g/mol. The first-order valence-electron chi connectivity index (χ1n) is 5.00. The van der Waals surface area contributed by atoms with Crippen molar-refractivity contribution in [2.45, 2.75) is 6.92 Å². The third-order valence-corrected chi connectivity index (χ3v) is 2.14. The first-order valence-corrected chi connectivity index (χ1v) is 5.00. The normalized spacial score (nSPS) is 11.7. The van der Waals surface area contributed by atoms with Crippen LogP contribution in [0.2, 0.25) is 0 Å². The lowest BCUT2D eigenvalue weighted by Gasteiger charge is -2.02. The number of allylic oxidation sites excluding steroid dienone is 5. The van der Waals surface area contributed by atoms with Crippen LogP contribution >= 0.6 is 0 Å². The molecule has 0 saturated carbocycles. The second kappa shape index (κ2) is 5.82. The van der Waals surface area contributed by atoms with Gasteiger partial charge >= 0.3 is 0 Å². The summed E-state index contributed by atoms with van der Waals surface area (Å²) in [5.41, 5.74) is 3.41. The number of hydrogen-bond donors (Lipinski definition) is 0. The molecule has 0 heteroatoms. The first-order chi connectivity index (χ1) is 7.31. The molecule has 0 aromatic heterocycles. The van der Waals surface area contributed by atoms with Gasteiger partial charge in [0.1, 0.15) is 0 Å². The van der Waals surface area contributed by atoms with Gasteiger partial charge in [-0.3, -0.25) is 0 Å². The van der Waals surface area contributed by atoms with Crippen molar-refractivity contribution in [3.8, 4) is 0 Å². The molecule has 76 valence electrons. The molecule has 0 aliphatic carbocycles. The molecule has 0 aliphatic heterocycles. The van der Waals surface area contributed by atoms with Gasteiger partial charge in [-0.1, -0.05) is 61.7 Å². The fourth-order valence-corrected chi connectivity index (χ4v) is 1.33. The number of rotatable bonds is 4. The summed E-state index contributed by atoms with van der Waals surface area (Å²) in [7, 11) is 0. The van der Waals surface area contributed by atoms with Gasteiger partial charge in [0.05, 0.1) is 0 Å². The minimum atomic E-state index is 1.12. The minimum Gasteiger partial charge on any atom is -0.0985 e. The lowest BCUT2D eigenvalue weighted by atomic mass is 10.0. The molecule has 0 saturated heterocycles. The molecule has 1 aromatic rings. The van der Waals surface area contributed by atoms with E-state index in [-0.39, 0.29) is 0 Å². The van der Waals surface area contributed by atoms with Gasteiger partial charge < -0.3 is 0 Å². The van der Waals surface area contributed by atoms with Crippen LogP contribution in [0.25, 0.3) is 11.6 Å². The third kappa shape index (κ3) is 3.10. The molecule has 0 amide bonds. The third-order valence-electron chi connectivity index (χ3n) is 2.14. The lowest BCUT2D eigenvalue weighted by Crippen LogP contribution is -1.81. The summed E-state index contributed by atoms with van der Waals surface area (Å²) in [6.45, 7) is 9.58. The van der Waals surface area contributed by atoms with Gasteiger partial charge in [-0.2, -0.15) is 0 Å². The molecule has 0 heterocycles. The molecule has 15 heavy (non-hydrogen) atoms. The standard InChI is InChI=1S/C15H16/c1-4-7-10-14(6-3)15-11-8-9-13(5-2)12-15/h4-12H,2-3H2,1H3/b7-4-,14-10+. The van der Waals surface area contributed by atoms with Crippen LogP contribution in [0.4, 0.5) is 0 Å². The van der Waals surface area contributed by atoms with E-state index in [1.165, 1.54) is 5.56 Å². The van der Waals surface area contributed by atoms with Crippen molar-refractivity contribution in [1.29, 1.82) is 0 Å². The van der Waals surface area contributed by atoms with E-state index in [1.54, 1.807) is 0 Å². The lowest BCUT2D eigenvalue weighted by molar-refractivity contribution is 1.59. The largest absolute Gasteiger partial charge is 0.0985 e. The molecule has 0 nitrogen and oxygen atoms in total. The zero-order chi connectivity index (χ0) is 11.1. The van der Waals surface area contributed by atoms with Crippen LogP contribution in [0.1, 0.15) is 18.1 Å². The summed E-state index contributed by atoms with van der Waals surface area (Å²) in [5, 5.41) is 0. The molecule has 0 aliphatic rings. The van der Waals surface area contributed by atoms with Crippen molar-refractivity contribution < 1.29 is 0 Å². The van der Waals surface area contributed by atoms with Crippen molar-refractivity contribution in [1.82, 2.24) is 0 Å². The highest BCUT2D eigenvalue weighted by molar-refractivity contribution is 5.75. The second-order valence-corrected chi connectivity index (χ2v) is 3.18. The molecule has 0 N–H and O–H groups in total. The van der Waals surface area contributed by atoms with Crippen LogP contribution in [0.3, 0.4) is 0 Å². The van der Waals surface area contributed by atoms with Gasteiger partial charge in [-0.25, -0.2) is 0 Å². The summed E-state index contributed by atoms with van der Waals surface area (Å²) < 4.78 is 0. The number of benzene rings is 1. The first kappa shape index (κ1) is 11.3. The van der Waals surface area contributed by atoms with Crippen molar-refractivity contribution in [2.24, 2.45) is 0 Å². The van der Waals surface area contributed by atoms with E-state index in [9.17, 15) is 0 Å². The van der Waals surface area contributed by atoms with Crippen LogP contribution in [0.5, 0.6) is 0 Å². The summed E-state index contributed by atoms with van der Waals surface area (Å²) >= 11 is 0. The second-order valence-electron chi connectivity index (χ2n) is 3.18. The van der Waals surface area contributed by atoms with Gasteiger partial charge in [0.15, 0.2) is 0 Å². The zero-order valence-electron chi connectivity index (χ0n) is 9.11. The predicted octanol–water partition coefficient (Wildman–Crippen LogP) is 4.48.